The Balaban J connectivity index is 1.92. The van der Waals surface area contributed by atoms with Gasteiger partial charge in [-0.05, 0) is 42.5 Å². The van der Waals surface area contributed by atoms with Crippen LogP contribution in [0.2, 0.25) is 0 Å². The first-order chi connectivity index (χ1) is 9.79. The molecule has 0 saturated heterocycles. The zero-order chi connectivity index (χ0) is 13.9. The number of nitrogens with two attached hydrogens (primary N) is 1. The smallest absolute Gasteiger partial charge is 0.101 e. The van der Waals surface area contributed by atoms with Gasteiger partial charge in [-0.25, -0.2) is 0 Å². The van der Waals surface area contributed by atoms with Crippen molar-refractivity contribution in [2.24, 2.45) is 0 Å². The molecule has 20 heavy (non-hydrogen) atoms. The molecule has 3 N–H and O–H groups in total. The van der Waals surface area contributed by atoms with Gasteiger partial charge in [0.15, 0.2) is 0 Å². The summed E-state index contributed by atoms with van der Waals surface area (Å²) in [5, 5.41) is 12.6. The fraction of sp³-hybridized carbons (Fsp3) is 0.235. The maximum Gasteiger partial charge on any atom is 0.101 e. The Morgan fingerprint density at radius 3 is 2.85 bits per heavy atom. The lowest BCUT2D eigenvalue weighted by molar-refractivity contribution is 0.600. The molecule has 2 aromatic carbocycles. The van der Waals surface area contributed by atoms with Gasteiger partial charge in [0.05, 0.1) is 23.0 Å². The van der Waals surface area contributed by atoms with E-state index in [-0.39, 0.29) is 6.04 Å². The van der Waals surface area contributed by atoms with Crippen LogP contribution in [-0.2, 0) is 6.42 Å². The minimum atomic E-state index is 0.274. The van der Waals surface area contributed by atoms with Crippen LogP contribution in [0, 0.1) is 11.3 Å². The number of para-hydroxylation sites is 1. The standard InChI is InChI=1S/C17H17N3/c18-11-13-7-4-10-16(17(13)19)20-15-9-3-6-12-5-1-2-8-14(12)15/h1-2,4-5,7-8,10,15,20H,3,6,9,19H2. The van der Waals surface area contributed by atoms with Gasteiger partial charge in [-0.3, -0.25) is 0 Å². The van der Waals surface area contributed by atoms with Crippen molar-refractivity contribution in [1.29, 1.82) is 5.26 Å². The van der Waals surface area contributed by atoms with E-state index < -0.39 is 0 Å². The van der Waals surface area contributed by atoms with Crippen molar-refractivity contribution >= 4 is 11.4 Å². The van der Waals surface area contributed by atoms with E-state index in [1.807, 2.05) is 12.1 Å². The lowest BCUT2D eigenvalue weighted by atomic mass is 9.87. The van der Waals surface area contributed by atoms with Crippen LogP contribution in [0.5, 0.6) is 0 Å². The first-order valence-corrected chi connectivity index (χ1v) is 6.92. The van der Waals surface area contributed by atoms with Gasteiger partial charge in [-0.15, -0.1) is 0 Å². The molecule has 1 aliphatic carbocycles. The third-order valence-corrected chi connectivity index (χ3v) is 3.93. The molecular formula is C17H17N3. The van der Waals surface area contributed by atoms with Crippen molar-refractivity contribution in [2.75, 3.05) is 11.1 Å². The van der Waals surface area contributed by atoms with Gasteiger partial charge >= 0.3 is 0 Å². The average molecular weight is 263 g/mol. The van der Waals surface area contributed by atoms with Gasteiger partial charge in [-0.1, -0.05) is 30.3 Å². The Hall–Kier alpha value is -2.47. The Kier molecular flexibility index (Phi) is 3.30. The van der Waals surface area contributed by atoms with Crippen molar-refractivity contribution in [1.82, 2.24) is 0 Å². The Bertz CT molecular complexity index is 670. The summed E-state index contributed by atoms with van der Waals surface area (Å²) < 4.78 is 0. The number of nitriles is 1. The number of benzene rings is 2. The highest BCUT2D eigenvalue weighted by atomic mass is 14.9. The third kappa shape index (κ3) is 2.21. The highest BCUT2D eigenvalue weighted by Gasteiger charge is 2.20. The largest absolute Gasteiger partial charge is 0.396 e. The lowest BCUT2D eigenvalue weighted by Gasteiger charge is -2.27. The second-order valence-electron chi connectivity index (χ2n) is 5.17. The summed E-state index contributed by atoms with van der Waals surface area (Å²) >= 11 is 0. The monoisotopic (exact) mass is 263 g/mol. The number of hydrogen-bond donors (Lipinski definition) is 2. The zero-order valence-corrected chi connectivity index (χ0v) is 11.3. The van der Waals surface area contributed by atoms with Crippen LogP contribution in [0.25, 0.3) is 0 Å². The second-order valence-corrected chi connectivity index (χ2v) is 5.17. The highest BCUT2D eigenvalue weighted by Crippen LogP contribution is 2.34. The van der Waals surface area contributed by atoms with Crippen molar-refractivity contribution in [3.05, 3.63) is 59.2 Å². The summed E-state index contributed by atoms with van der Waals surface area (Å²) in [4.78, 5) is 0. The number of anilines is 2. The van der Waals surface area contributed by atoms with E-state index in [1.165, 1.54) is 17.5 Å². The number of aryl methyl sites for hydroxylation is 1. The average Bonchev–Trinajstić information content (AvgIpc) is 2.50. The van der Waals surface area contributed by atoms with Gasteiger partial charge in [0, 0.05) is 0 Å². The summed E-state index contributed by atoms with van der Waals surface area (Å²) in [5.74, 6) is 0. The molecule has 0 saturated carbocycles. The van der Waals surface area contributed by atoms with Gasteiger partial charge in [0.1, 0.15) is 6.07 Å². The predicted octanol–water partition coefficient (Wildman–Crippen LogP) is 3.63. The maximum absolute atomic E-state index is 9.05. The molecule has 0 fully saturated rings. The van der Waals surface area contributed by atoms with Gasteiger partial charge in [-0.2, -0.15) is 5.26 Å². The van der Waals surface area contributed by atoms with Crippen LogP contribution in [0.4, 0.5) is 11.4 Å². The molecule has 3 heteroatoms. The molecule has 0 spiro atoms. The molecule has 0 bridgehead atoms. The molecule has 100 valence electrons. The summed E-state index contributed by atoms with van der Waals surface area (Å²) in [5.41, 5.74) is 10.7. The number of fused-ring (bicyclic) bond motifs is 1. The molecule has 3 rings (SSSR count). The Morgan fingerprint density at radius 2 is 2.00 bits per heavy atom. The Labute approximate surface area is 119 Å². The molecule has 0 aromatic heterocycles. The lowest BCUT2D eigenvalue weighted by Crippen LogP contribution is -2.18. The maximum atomic E-state index is 9.05. The number of nitrogens with zero attached hydrogens (tertiary/aromatic N) is 1. The fourth-order valence-electron chi connectivity index (χ4n) is 2.88. The topological polar surface area (TPSA) is 61.8 Å². The van der Waals surface area contributed by atoms with Crippen LogP contribution < -0.4 is 11.1 Å². The summed E-state index contributed by atoms with van der Waals surface area (Å²) in [6.45, 7) is 0. The molecule has 0 aliphatic heterocycles. The minimum Gasteiger partial charge on any atom is -0.396 e. The van der Waals surface area contributed by atoms with E-state index in [1.54, 1.807) is 6.07 Å². The first-order valence-electron chi connectivity index (χ1n) is 6.92. The van der Waals surface area contributed by atoms with Crippen LogP contribution >= 0.6 is 0 Å². The van der Waals surface area contributed by atoms with Crippen molar-refractivity contribution in [2.45, 2.75) is 25.3 Å². The van der Waals surface area contributed by atoms with Gasteiger partial charge in [0.2, 0.25) is 0 Å². The van der Waals surface area contributed by atoms with E-state index in [4.69, 9.17) is 11.0 Å². The molecule has 0 radical (unpaired) electrons. The van der Waals surface area contributed by atoms with Crippen LogP contribution in [0.3, 0.4) is 0 Å². The van der Waals surface area contributed by atoms with Crippen LogP contribution in [0.1, 0.15) is 35.6 Å². The van der Waals surface area contributed by atoms with E-state index in [0.29, 0.717) is 11.3 Å². The Morgan fingerprint density at radius 1 is 1.15 bits per heavy atom. The highest BCUT2D eigenvalue weighted by molar-refractivity contribution is 5.73. The number of rotatable bonds is 2. The quantitative estimate of drug-likeness (QED) is 0.813. The van der Waals surface area contributed by atoms with Crippen molar-refractivity contribution < 1.29 is 0 Å². The molecule has 0 amide bonds. The zero-order valence-electron chi connectivity index (χ0n) is 11.3. The van der Waals surface area contributed by atoms with Crippen LogP contribution in [-0.4, -0.2) is 0 Å². The number of nitrogen functional groups attached to an aromatic ring is 1. The fourth-order valence-corrected chi connectivity index (χ4v) is 2.88. The normalized spacial score (nSPS) is 17.1. The molecule has 1 atom stereocenters. The minimum absolute atomic E-state index is 0.274. The molecule has 0 heterocycles. The predicted molar refractivity (Wildman–Crippen MR) is 81.3 cm³/mol. The summed E-state index contributed by atoms with van der Waals surface area (Å²) in [7, 11) is 0. The van der Waals surface area contributed by atoms with Crippen molar-refractivity contribution in [3.8, 4) is 6.07 Å². The third-order valence-electron chi connectivity index (χ3n) is 3.93. The molecular weight excluding hydrogens is 246 g/mol. The number of nitrogens with one attached hydrogen (secondary N) is 1. The van der Waals surface area contributed by atoms with Gasteiger partial charge < -0.3 is 11.1 Å². The van der Waals surface area contributed by atoms with E-state index in [9.17, 15) is 0 Å². The molecule has 1 aliphatic rings. The molecule has 1 unspecified atom stereocenters. The van der Waals surface area contributed by atoms with Crippen LogP contribution in [0.15, 0.2) is 42.5 Å². The number of hydrogen-bond acceptors (Lipinski definition) is 3. The summed E-state index contributed by atoms with van der Waals surface area (Å²) in [6, 6.07) is 16.5. The van der Waals surface area contributed by atoms with E-state index in [0.717, 1.165) is 18.5 Å². The first kappa shape index (κ1) is 12.6. The SMILES string of the molecule is N#Cc1cccc(NC2CCCc3ccccc32)c1N. The van der Waals surface area contributed by atoms with E-state index >= 15 is 0 Å². The van der Waals surface area contributed by atoms with E-state index in [2.05, 4.69) is 35.7 Å². The van der Waals surface area contributed by atoms with Gasteiger partial charge in [0.25, 0.3) is 0 Å². The van der Waals surface area contributed by atoms with Crippen molar-refractivity contribution in [3.63, 3.8) is 0 Å². The molecule has 3 nitrogen and oxygen atoms in total. The second kappa shape index (κ2) is 5.26. The molecule has 2 aromatic rings. The summed E-state index contributed by atoms with van der Waals surface area (Å²) in [6.07, 6.45) is 3.40.